The van der Waals surface area contributed by atoms with E-state index >= 15 is 0 Å². The lowest BCUT2D eigenvalue weighted by molar-refractivity contribution is 0.260. The molecule has 14 heavy (non-hydrogen) atoms. The molecule has 0 saturated heterocycles. The standard InChI is InChI=1S/C12H14O2/c1-2-3-4-10-5-6-11(8-13)12(7-10)9-14/h2-7,13-14H,1,8-9H2/b4-3+. The Bertz CT molecular complexity index is 340. The molecule has 0 heterocycles. The van der Waals surface area contributed by atoms with Crippen LogP contribution < -0.4 is 0 Å². The van der Waals surface area contributed by atoms with Gasteiger partial charge in [0.05, 0.1) is 13.2 Å². The Morgan fingerprint density at radius 3 is 2.43 bits per heavy atom. The molecule has 0 aliphatic rings. The highest BCUT2D eigenvalue weighted by Crippen LogP contribution is 2.13. The van der Waals surface area contributed by atoms with E-state index in [0.717, 1.165) is 16.7 Å². The van der Waals surface area contributed by atoms with Crippen molar-refractivity contribution in [1.82, 2.24) is 0 Å². The van der Waals surface area contributed by atoms with E-state index < -0.39 is 0 Å². The van der Waals surface area contributed by atoms with Crippen LogP contribution in [0.1, 0.15) is 16.7 Å². The molecule has 0 spiro atoms. The number of allylic oxidation sites excluding steroid dienone is 2. The molecular weight excluding hydrogens is 176 g/mol. The minimum Gasteiger partial charge on any atom is -0.392 e. The predicted molar refractivity (Wildman–Crippen MR) is 57.5 cm³/mol. The van der Waals surface area contributed by atoms with Crippen LogP contribution >= 0.6 is 0 Å². The van der Waals surface area contributed by atoms with Gasteiger partial charge in [-0.2, -0.15) is 0 Å². The molecule has 0 saturated carbocycles. The molecule has 2 heteroatoms. The van der Waals surface area contributed by atoms with Crippen LogP contribution in [0, 0.1) is 0 Å². The van der Waals surface area contributed by atoms with Crippen molar-refractivity contribution in [2.45, 2.75) is 13.2 Å². The Morgan fingerprint density at radius 2 is 1.86 bits per heavy atom. The van der Waals surface area contributed by atoms with E-state index in [2.05, 4.69) is 6.58 Å². The van der Waals surface area contributed by atoms with E-state index in [0.29, 0.717) is 0 Å². The van der Waals surface area contributed by atoms with Crippen molar-refractivity contribution < 1.29 is 10.2 Å². The van der Waals surface area contributed by atoms with Crippen LogP contribution in [0.4, 0.5) is 0 Å². The van der Waals surface area contributed by atoms with Gasteiger partial charge in [-0.3, -0.25) is 0 Å². The largest absolute Gasteiger partial charge is 0.392 e. The van der Waals surface area contributed by atoms with Gasteiger partial charge in [-0.15, -0.1) is 0 Å². The van der Waals surface area contributed by atoms with E-state index in [1.165, 1.54) is 0 Å². The maximum atomic E-state index is 9.04. The monoisotopic (exact) mass is 190 g/mol. The van der Waals surface area contributed by atoms with Crippen molar-refractivity contribution >= 4 is 6.08 Å². The summed E-state index contributed by atoms with van der Waals surface area (Å²) in [6, 6.07) is 5.56. The van der Waals surface area contributed by atoms with Gasteiger partial charge in [0.25, 0.3) is 0 Å². The summed E-state index contributed by atoms with van der Waals surface area (Å²) in [6.45, 7) is 3.49. The van der Waals surface area contributed by atoms with Gasteiger partial charge in [0.15, 0.2) is 0 Å². The molecule has 0 amide bonds. The molecule has 0 bridgehead atoms. The molecule has 1 rings (SSSR count). The fourth-order valence-electron chi connectivity index (χ4n) is 1.23. The zero-order valence-corrected chi connectivity index (χ0v) is 7.98. The van der Waals surface area contributed by atoms with Crippen molar-refractivity contribution in [3.63, 3.8) is 0 Å². The minimum absolute atomic E-state index is 0.0403. The van der Waals surface area contributed by atoms with Crippen LogP contribution in [0.5, 0.6) is 0 Å². The second kappa shape index (κ2) is 5.37. The van der Waals surface area contributed by atoms with Crippen molar-refractivity contribution in [3.05, 3.63) is 53.6 Å². The van der Waals surface area contributed by atoms with Crippen molar-refractivity contribution in [1.29, 1.82) is 0 Å². The van der Waals surface area contributed by atoms with Gasteiger partial charge in [0, 0.05) is 0 Å². The third-order valence-electron chi connectivity index (χ3n) is 2.00. The van der Waals surface area contributed by atoms with Crippen molar-refractivity contribution in [3.8, 4) is 0 Å². The van der Waals surface area contributed by atoms with E-state index in [9.17, 15) is 0 Å². The Kier molecular flexibility index (Phi) is 4.11. The molecule has 1 aromatic rings. The zero-order valence-electron chi connectivity index (χ0n) is 7.98. The van der Waals surface area contributed by atoms with Crippen molar-refractivity contribution in [2.75, 3.05) is 0 Å². The molecule has 0 aliphatic heterocycles. The quantitative estimate of drug-likeness (QED) is 0.711. The first-order valence-corrected chi connectivity index (χ1v) is 4.44. The number of hydrogen-bond donors (Lipinski definition) is 2. The van der Waals surface area contributed by atoms with Gasteiger partial charge in [-0.05, 0) is 22.8 Å². The fourth-order valence-corrected chi connectivity index (χ4v) is 1.23. The lowest BCUT2D eigenvalue weighted by atomic mass is 10.0. The molecular formula is C12H14O2. The van der Waals surface area contributed by atoms with Crippen LogP contribution in [-0.2, 0) is 13.2 Å². The molecule has 1 aromatic carbocycles. The van der Waals surface area contributed by atoms with Crippen molar-refractivity contribution in [2.24, 2.45) is 0 Å². The molecule has 0 fully saturated rings. The van der Waals surface area contributed by atoms with Gasteiger partial charge in [-0.25, -0.2) is 0 Å². The fraction of sp³-hybridized carbons (Fsp3) is 0.167. The Hall–Kier alpha value is -1.38. The second-order valence-corrected chi connectivity index (χ2v) is 2.94. The number of aliphatic hydroxyl groups excluding tert-OH is 2. The molecule has 74 valence electrons. The molecule has 0 aliphatic carbocycles. The SMILES string of the molecule is C=C/C=C/c1ccc(CO)c(CO)c1. The number of rotatable bonds is 4. The maximum absolute atomic E-state index is 9.04. The number of hydrogen-bond acceptors (Lipinski definition) is 2. The molecule has 2 nitrogen and oxygen atoms in total. The summed E-state index contributed by atoms with van der Waals surface area (Å²) in [6.07, 6.45) is 5.42. The van der Waals surface area contributed by atoms with E-state index in [1.54, 1.807) is 6.08 Å². The van der Waals surface area contributed by atoms with Gasteiger partial charge < -0.3 is 10.2 Å². The Morgan fingerprint density at radius 1 is 1.14 bits per heavy atom. The molecule has 0 radical (unpaired) electrons. The summed E-state index contributed by atoms with van der Waals surface area (Å²) < 4.78 is 0. The van der Waals surface area contributed by atoms with Crippen LogP contribution in [-0.4, -0.2) is 10.2 Å². The summed E-state index contributed by atoms with van der Waals surface area (Å²) in [5, 5.41) is 18.0. The van der Waals surface area contributed by atoms with Crippen LogP contribution in [0.3, 0.4) is 0 Å². The Balaban J connectivity index is 3.00. The van der Waals surface area contributed by atoms with Crippen LogP contribution in [0.25, 0.3) is 6.08 Å². The Labute approximate surface area is 83.8 Å². The molecule has 2 N–H and O–H groups in total. The second-order valence-electron chi connectivity index (χ2n) is 2.94. The normalized spacial score (nSPS) is 10.7. The highest BCUT2D eigenvalue weighted by atomic mass is 16.3. The maximum Gasteiger partial charge on any atom is 0.0685 e. The predicted octanol–water partition coefficient (Wildman–Crippen LogP) is 1.87. The third-order valence-corrected chi connectivity index (χ3v) is 2.00. The lowest BCUT2D eigenvalue weighted by Gasteiger charge is -2.05. The van der Waals surface area contributed by atoms with Gasteiger partial charge >= 0.3 is 0 Å². The minimum atomic E-state index is -0.0499. The summed E-state index contributed by atoms with van der Waals surface area (Å²) >= 11 is 0. The lowest BCUT2D eigenvalue weighted by Crippen LogP contribution is -1.94. The summed E-state index contributed by atoms with van der Waals surface area (Å²) in [5.74, 6) is 0. The number of benzene rings is 1. The zero-order chi connectivity index (χ0) is 10.4. The molecule has 0 atom stereocenters. The average Bonchev–Trinajstić information content (AvgIpc) is 2.25. The van der Waals surface area contributed by atoms with Crippen LogP contribution in [0.15, 0.2) is 36.9 Å². The first-order valence-electron chi connectivity index (χ1n) is 4.44. The van der Waals surface area contributed by atoms with E-state index in [-0.39, 0.29) is 13.2 Å². The molecule has 0 aromatic heterocycles. The summed E-state index contributed by atoms with van der Waals surface area (Å²) in [5.41, 5.74) is 2.52. The highest BCUT2D eigenvalue weighted by Gasteiger charge is 2.00. The number of aliphatic hydroxyl groups is 2. The first-order chi connectivity index (χ1) is 6.81. The first kappa shape index (κ1) is 10.7. The van der Waals surface area contributed by atoms with Gasteiger partial charge in [0.1, 0.15) is 0 Å². The summed E-state index contributed by atoms with van der Waals surface area (Å²) in [4.78, 5) is 0. The topological polar surface area (TPSA) is 40.5 Å². The van der Waals surface area contributed by atoms with E-state index in [1.807, 2.05) is 30.4 Å². The smallest absolute Gasteiger partial charge is 0.0685 e. The highest BCUT2D eigenvalue weighted by molar-refractivity contribution is 5.53. The summed E-state index contributed by atoms with van der Waals surface area (Å²) in [7, 11) is 0. The van der Waals surface area contributed by atoms with Gasteiger partial charge in [-0.1, -0.05) is 36.9 Å². The van der Waals surface area contributed by atoms with Gasteiger partial charge in [0.2, 0.25) is 0 Å². The molecule has 0 unspecified atom stereocenters. The average molecular weight is 190 g/mol. The van der Waals surface area contributed by atoms with Crippen LogP contribution in [0.2, 0.25) is 0 Å². The third kappa shape index (κ3) is 2.55. The van der Waals surface area contributed by atoms with E-state index in [4.69, 9.17) is 10.2 Å².